The number of carbonyl (C=O) groups excluding carboxylic acids is 2. The first-order valence-electron chi connectivity index (χ1n) is 9.48. The number of halogens is 1. The molecule has 1 fully saturated rings. The highest BCUT2D eigenvalue weighted by atomic mass is 35.5. The number of likely N-dealkylation sites (tertiary alicyclic amines) is 1. The summed E-state index contributed by atoms with van der Waals surface area (Å²) in [6.07, 6.45) is 5.63. The van der Waals surface area contributed by atoms with Crippen molar-refractivity contribution in [3.8, 4) is 0 Å². The van der Waals surface area contributed by atoms with Crippen LogP contribution in [0.2, 0.25) is 5.02 Å². The van der Waals surface area contributed by atoms with Crippen LogP contribution in [-0.2, 0) is 16.1 Å². The first-order valence-corrected chi connectivity index (χ1v) is 9.86. The second-order valence-electron chi connectivity index (χ2n) is 7.15. The van der Waals surface area contributed by atoms with Gasteiger partial charge in [-0.2, -0.15) is 0 Å². The van der Waals surface area contributed by atoms with E-state index in [0.29, 0.717) is 23.2 Å². The summed E-state index contributed by atoms with van der Waals surface area (Å²) in [5, 5.41) is 5.94. The predicted molar refractivity (Wildman–Crippen MR) is 110 cm³/mol. The smallest absolute Gasteiger partial charge is 0.313 e. The number of piperidine rings is 1. The summed E-state index contributed by atoms with van der Waals surface area (Å²) in [5.74, 6) is -0.891. The van der Waals surface area contributed by atoms with Gasteiger partial charge in [-0.3, -0.25) is 19.5 Å². The van der Waals surface area contributed by atoms with Crippen LogP contribution in [0.3, 0.4) is 0 Å². The average Bonchev–Trinajstić information content (AvgIpc) is 2.71. The molecule has 0 atom stereocenters. The second-order valence-corrected chi connectivity index (χ2v) is 7.56. The molecule has 0 aliphatic carbocycles. The summed E-state index contributed by atoms with van der Waals surface area (Å²) < 4.78 is 0. The van der Waals surface area contributed by atoms with Gasteiger partial charge in [0.2, 0.25) is 0 Å². The quantitative estimate of drug-likeness (QED) is 0.756. The Bertz CT molecular complexity index is 820. The monoisotopic (exact) mass is 400 g/mol. The lowest BCUT2D eigenvalue weighted by Gasteiger charge is -2.32. The molecule has 1 aliphatic heterocycles. The molecule has 7 heteroatoms. The minimum Gasteiger partial charge on any atom is -0.348 e. The van der Waals surface area contributed by atoms with Gasteiger partial charge in [0.05, 0.1) is 0 Å². The third kappa shape index (κ3) is 5.53. The van der Waals surface area contributed by atoms with Gasteiger partial charge in [0.15, 0.2) is 0 Å². The van der Waals surface area contributed by atoms with E-state index < -0.39 is 11.8 Å². The number of hydrogen-bond acceptors (Lipinski definition) is 4. The number of nitrogens with zero attached hydrogens (tertiary/aromatic N) is 2. The maximum Gasteiger partial charge on any atom is 0.313 e. The number of carbonyl (C=O) groups is 2. The van der Waals surface area contributed by atoms with Crippen LogP contribution in [0.5, 0.6) is 0 Å². The first kappa shape index (κ1) is 20.3. The Morgan fingerprint density at radius 1 is 1.14 bits per heavy atom. The maximum absolute atomic E-state index is 12.1. The normalized spacial score (nSPS) is 15.2. The molecular weight excluding hydrogens is 376 g/mol. The van der Waals surface area contributed by atoms with Gasteiger partial charge >= 0.3 is 11.8 Å². The molecule has 6 nitrogen and oxygen atoms in total. The van der Waals surface area contributed by atoms with Crippen LogP contribution in [0.15, 0.2) is 42.7 Å². The number of amides is 2. The fourth-order valence-electron chi connectivity index (χ4n) is 3.33. The van der Waals surface area contributed by atoms with E-state index in [1.54, 1.807) is 25.1 Å². The van der Waals surface area contributed by atoms with E-state index in [9.17, 15) is 9.59 Å². The molecule has 1 aromatic carbocycles. The number of pyridine rings is 1. The zero-order valence-corrected chi connectivity index (χ0v) is 16.7. The minimum absolute atomic E-state index is 0.387. The van der Waals surface area contributed by atoms with Gasteiger partial charge in [-0.05, 0) is 74.2 Å². The third-order valence-electron chi connectivity index (χ3n) is 5.14. The molecule has 0 spiro atoms. The highest BCUT2D eigenvalue weighted by Gasteiger charge is 2.21. The van der Waals surface area contributed by atoms with E-state index >= 15 is 0 Å². The van der Waals surface area contributed by atoms with E-state index in [-0.39, 0.29) is 0 Å². The molecule has 2 heterocycles. The van der Waals surface area contributed by atoms with Crippen LogP contribution in [0.1, 0.15) is 24.0 Å². The first-order chi connectivity index (χ1) is 13.5. The number of rotatable bonds is 5. The van der Waals surface area contributed by atoms with Crippen LogP contribution >= 0.6 is 11.6 Å². The summed E-state index contributed by atoms with van der Waals surface area (Å²) in [5.41, 5.74) is 2.55. The van der Waals surface area contributed by atoms with Gasteiger partial charge in [-0.25, -0.2) is 0 Å². The molecule has 1 saturated heterocycles. The van der Waals surface area contributed by atoms with Gasteiger partial charge in [0, 0.05) is 36.2 Å². The van der Waals surface area contributed by atoms with Crippen molar-refractivity contribution in [2.24, 2.45) is 5.92 Å². The fourth-order valence-corrected chi connectivity index (χ4v) is 3.51. The van der Waals surface area contributed by atoms with Crippen LogP contribution in [-0.4, -0.2) is 41.3 Å². The summed E-state index contributed by atoms with van der Waals surface area (Å²) in [6, 6.07) is 9.28. The molecule has 1 aliphatic rings. The molecule has 1 aromatic heterocycles. The molecule has 2 N–H and O–H groups in total. The number of hydrogen-bond donors (Lipinski definition) is 2. The molecule has 3 rings (SSSR count). The molecule has 2 aromatic rings. The van der Waals surface area contributed by atoms with Gasteiger partial charge in [0.25, 0.3) is 0 Å². The zero-order valence-electron chi connectivity index (χ0n) is 16.0. The highest BCUT2D eigenvalue weighted by molar-refractivity contribution is 6.40. The largest absolute Gasteiger partial charge is 0.348 e. The van der Waals surface area contributed by atoms with E-state index in [2.05, 4.69) is 20.5 Å². The van der Waals surface area contributed by atoms with Crippen molar-refractivity contribution in [3.05, 3.63) is 58.9 Å². The summed E-state index contributed by atoms with van der Waals surface area (Å²) in [4.78, 5) is 30.7. The van der Waals surface area contributed by atoms with Crippen molar-refractivity contribution < 1.29 is 9.59 Å². The number of benzene rings is 1. The van der Waals surface area contributed by atoms with E-state index in [0.717, 1.165) is 38.0 Å². The molecule has 28 heavy (non-hydrogen) atoms. The summed E-state index contributed by atoms with van der Waals surface area (Å²) in [6.45, 7) is 5.20. The lowest BCUT2D eigenvalue weighted by atomic mass is 9.96. The van der Waals surface area contributed by atoms with Crippen LogP contribution < -0.4 is 10.6 Å². The second kappa shape index (κ2) is 9.66. The number of nitrogens with one attached hydrogen (secondary N) is 2. The minimum atomic E-state index is -0.666. The zero-order chi connectivity index (χ0) is 19.9. The molecule has 148 valence electrons. The van der Waals surface area contributed by atoms with Gasteiger partial charge in [0.1, 0.15) is 0 Å². The Labute approximate surface area is 170 Å². The van der Waals surface area contributed by atoms with Crippen molar-refractivity contribution in [2.75, 3.05) is 25.0 Å². The van der Waals surface area contributed by atoms with E-state index in [1.165, 1.54) is 5.56 Å². The van der Waals surface area contributed by atoms with E-state index in [1.807, 2.05) is 24.5 Å². The Balaban J connectivity index is 1.40. The summed E-state index contributed by atoms with van der Waals surface area (Å²) in [7, 11) is 0. The Kier molecular flexibility index (Phi) is 7.01. The van der Waals surface area contributed by atoms with Crippen LogP contribution in [0.4, 0.5) is 5.69 Å². The number of anilines is 1. The van der Waals surface area contributed by atoms with Crippen molar-refractivity contribution in [1.29, 1.82) is 0 Å². The van der Waals surface area contributed by atoms with Crippen molar-refractivity contribution in [1.82, 2.24) is 15.2 Å². The molecule has 0 bridgehead atoms. The van der Waals surface area contributed by atoms with Gasteiger partial charge in [-0.15, -0.1) is 0 Å². The molecule has 0 saturated carbocycles. The van der Waals surface area contributed by atoms with Crippen molar-refractivity contribution >= 4 is 29.1 Å². The lowest BCUT2D eigenvalue weighted by molar-refractivity contribution is -0.136. The summed E-state index contributed by atoms with van der Waals surface area (Å²) >= 11 is 6.04. The molecular formula is C21H25ClN4O2. The Morgan fingerprint density at radius 3 is 2.57 bits per heavy atom. The fraction of sp³-hybridized carbons (Fsp3) is 0.381. The van der Waals surface area contributed by atoms with Crippen LogP contribution in [0, 0.1) is 12.8 Å². The van der Waals surface area contributed by atoms with Gasteiger partial charge < -0.3 is 10.6 Å². The third-order valence-corrected chi connectivity index (χ3v) is 5.55. The standard InChI is InChI=1S/C21H25ClN4O2/c1-15-18(22)3-2-4-19(15)25-21(28)20(27)24-13-16-7-11-26(12-8-16)14-17-5-9-23-10-6-17/h2-6,9-10,16H,7-8,11-14H2,1H3,(H,24,27)(H,25,28). The molecule has 2 amide bonds. The van der Waals surface area contributed by atoms with Crippen molar-refractivity contribution in [3.63, 3.8) is 0 Å². The van der Waals surface area contributed by atoms with Crippen molar-refractivity contribution in [2.45, 2.75) is 26.3 Å². The Morgan fingerprint density at radius 2 is 1.86 bits per heavy atom. The SMILES string of the molecule is Cc1c(Cl)cccc1NC(=O)C(=O)NCC1CCN(Cc2ccncc2)CC1. The predicted octanol–water partition coefficient (Wildman–Crippen LogP) is 3.01. The highest BCUT2D eigenvalue weighted by Crippen LogP contribution is 2.23. The Hall–Kier alpha value is -2.44. The van der Waals surface area contributed by atoms with Gasteiger partial charge in [-0.1, -0.05) is 17.7 Å². The topological polar surface area (TPSA) is 74.3 Å². The maximum atomic E-state index is 12.1. The van der Waals surface area contributed by atoms with E-state index in [4.69, 9.17) is 11.6 Å². The number of aromatic nitrogens is 1. The average molecular weight is 401 g/mol. The lowest BCUT2D eigenvalue weighted by Crippen LogP contribution is -2.41. The molecule has 0 radical (unpaired) electrons. The molecule has 0 unspecified atom stereocenters. The van der Waals surface area contributed by atoms with Crippen LogP contribution in [0.25, 0.3) is 0 Å².